The van der Waals surface area contributed by atoms with E-state index in [1.54, 1.807) is 47.4 Å². The van der Waals surface area contributed by atoms with Gasteiger partial charge in [0.05, 0.1) is 13.2 Å². The fraction of sp³-hybridized carbons (Fsp3) is 0.154. The first-order valence-corrected chi connectivity index (χ1v) is 11.5. The SMILES string of the molecule is CCOc1ccc2[nH]c(=O)c(CN(Cc3ccccc3Cl)C(=O)Nc3ccc(Cl)cc3)cc2c1. The third-order valence-electron chi connectivity index (χ3n) is 5.27. The van der Waals surface area contributed by atoms with Crippen molar-refractivity contribution >= 4 is 45.8 Å². The number of aromatic nitrogens is 1. The van der Waals surface area contributed by atoms with E-state index in [4.69, 9.17) is 27.9 Å². The van der Waals surface area contributed by atoms with Crippen LogP contribution in [0.2, 0.25) is 10.0 Å². The summed E-state index contributed by atoms with van der Waals surface area (Å²) >= 11 is 12.3. The number of nitrogens with zero attached hydrogens (tertiary/aromatic N) is 1. The Morgan fingerprint density at radius 3 is 2.44 bits per heavy atom. The van der Waals surface area contributed by atoms with Crippen molar-refractivity contribution in [3.05, 3.63) is 104 Å². The average molecular weight is 496 g/mol. The Hall–Kier alpha value is -3.48. The lowest BCUT2D eigenvalue weighted by atomic mass is 10.1. The number of hydrogen-bond acceptors (Lipinski definition) is 3. The van der Waals surface area contributed by atoms with Gasteiger partial charge in [-0.15, -0.1) is 0 Å². The normalized spacial score (nSPS) is 10.8. The molecule has 0 spiro atoms. The monoisotopic (exact) mass is 495 g/mol. The zero-order valence-corrected chi connectivity index (χ0v) is 20.0. The van der Waals surface area contributed by atoms with Crippen LogP contribution in [0, 0.1) is 0 Å². The van der Waals surface area contributed by atoms with Gasteiger partial charge in [0.15, 0.2) is 0 Å². The summed E-state index contributed by atoms with van der Waals surface area (Å²) in [5, 5.41) is 4.79. The number of carbonyl (C=O) groups is 1. The topological polar surface area (TPSA) is 74.4 Å². The molecule has 0 radical (unpaired) electrons. The highest BCUT2D eigenvalue weighted by Gasteiger charge is 2.18. The fourth-order valence-electron chi connectivity index (χ4n) is 3.58. The second kappa shape index (κ2) is 10.6. The van der Waals surface area contributed by atoms with Gasteiger partial charge in [-0.3, -0.25) is 4.79 Å². The van der Waals surface area contributed by atoms with Crippen LogP contribution in [0.3, 0.4) is 0 Å². The van der Waals surface area contributed by atoms with Crippen LogP contribution in [0.25, 0.3) is 10.9 Å². The Kier molecular flexibility index (Phi) is 7.40. The van der Waals surface area contributed by atoms with Crippen molar-refractivity contribution in [3.8, 4) is 5.75 Å². The van der Waals surface area contributed by atoms with Gasteiger partial charge in [0.25, 0.3) is 5.56 Å². The molecule has 2 N–H and O–H groups in total. The van der Waals surface area contributed by atoms with E-state index >= 15 is 0 Å². The Balaban J connectivity index is 1.66. The fourth-order valence-corrected chi connectivity index (χ4v) is 3.90. The number of benzene rings is 3. The molecular formula is C26H23Cl2N3O3. The lowest BCUT2D eigenvalue weighted by Crippen LogP contribution is -2.35. The molecule has 8 heteroatoms. The number of nitrogens with one attached hydrogen (secondary N) is 2. The molecule has 1 aromatic heterocycles. The third kappa shape index (κ3) is 5.71. The molecule has 0 fully saturated rings. The first-order chi connectivity index (χ1) is 16.4. The van der Waals surface area contributed by atoms with Crippen molar-refractivity contribution < 1.29 is 9.53 Å². The number of amides is 2. The molecule has 0 saturated carbocycles. The summed E-state index contributed by atoms with van der Waals surface area (Å²) in [4.78, 5) is 30.5. The van der Waals surface area contributed by atoms with Gasteiger partial charge in [-0.05, 0) is 67.1 Å². The molecule has 0 aliphatic carbocycles. The number of H-pyrrole nitrogens is 1. The van der Waals surface area contributed by atoms with Crippen molar-refractivity contribution in [2.45, 2.75) is 20.0 Å². The third-order valence-corrected chi connectivity index (χ3v) is 5.89. The summed E-state index contributed by atoms with van der Waals surface area (Å²) in [5.41, 5.74) is 2.23. The number of rotatable bonds is 7. The van der Waals surface area contributed by atoms with Crippen molar-refractivity contribution in [1.29, 1.82) is 0 Å². The molecule has 34 heavy (non-hydrogen) atoms. The molecule has 0 aliphatic rings. The van der Waals surface area contributed by atoms with E-state index in [1.807, 2.05) is 37.3 Å². The summed E-state index contributed by atoms with van der Waals surface area (Å²) in [6, 6.07) is 21.0. The summed E-state index contributed by atoms with van der Waals surface area (Å²) < 4.78 is 5.58. The first kappa shape index (κ1) is 23.7. The summed E-state index contributed by atoms with van der Waals surface area (Å²) in [6.45, 7) is 2.75. The van der Waals surface area contributed by atoms with Gasteiger partial charge in [-0.25, -0.2) is 4.79 Å². The molecule has 2 amide bonds. The molecule has 1 heterocycles. The average Bonchev–Trinajstić information content (AvgIpc) is 2.82. The standard InChI is InChI=1S/C26H23Cl2N3O3/c1-2-34-22-11-12-24-18(14-22)13-19(25(32)30-24)16-31(15-17-5-3-4-6-23(17)28)26(33)29-21-9-7-20(27)8-10-21/h3-14H,2,15-16H2,1H3,(H,29,33)(H,30,32). The number of fused-ring (bicyclic) bond motifs is 1. The maximum Gasteiger partial charge on any atom is 0.322 e. The predicted molar refractivity (Wildman–Crippen MR) is 137 cm³/mol. The highest BCUT2D eigenvalue weighted by molar-refractivity contribution is 6.31. The molecular weight excluding hydrogens is 473 g/mol. The maximum absolute atomic E-state index is 13.2. The van der Waals surface area contributed by atoms with E-state index in [0.717, 1.165) is 10.9 Å². The summed E-state index contributed by atoms with van der Waals surface area (Å²) in [6.07, 6.45) is 0. The van der Waals surface area contributed by atoms with Crippen LogP contribution in [0.15, 0.2) is 77.6 Å². The van der Waals surface area contributed by atoms with Crippen LogP contribution >= 0.6 is 23.2 Å². The Morgan fingerprint density at radius 1 is 0.971 bits per heavy atom. The molecule has 3 aromatic carbocycles. The molecule has 4 rings (SSSR count). The van der Waals surface area contributed by atoms with E-state index in [2.05, 4.69) is 10.3 Å². The zero-order chi connectivity index (χ0) is 24.1. The number of carbonyl (C=O) groups excluding carboxylic acids is 1. The zero-order valence-electron chi connectivity index (χ0n) is 18.5. The number of anilines is 1. The lowest BCUT2D eigenvalue weighted by molar-refractivity contribution is 0.206. The van der Waals surface area contributed by atoms with Gasteiger partial charge < -0.3 is 19.9 Å². The largest absolute Gasteiger partial charge is 0.494 e. The smallest absolute Gasteiger partial charge is 0.322 e. The van der Waals surface area contributed by atoms with Gasteiger partial charge in [0.2, 0.25) is 0 Å². The Bertz CT molecular complexity index is 1370. The number of halogens is 2. The minimum atomic E-state index is -0.371. The van der Waals surface area contributed by atoms with Gasteiger partial charge >= 0.3 is 6.03 Å². The molecule has 6 nitrogen and oxygen atoms in total. The van der Waals surface area contributed by atoms with Crippen LogP contribution in [0.5, 0.6) is 5.75 Å². The summed E-state index contributed by atoms with van der Waals surface area (Å²) in [7, 11) is 0. The van der Waals surface area contributed by atoms with Crippen LogP contribution in [-0.4, -0.2) is 22.5 Å². The molecule has 0 saturated heterocycles. The highest BCUT2D eigenvalue weighted by Crippen LogP contribution is 2.22. The molecule has 0 aliphatic heterocycles. The van der Waals surface area contributed by atoms with E-state index in [0.29, 0.717) is 39.2 Å². The minimum absolute atomic E-state index is 0.0782. The minimum Gasteiger partial charge on any atom is -0.494 e. The Morgan fingerprint density at radius 2 is 1.71 bits per heavy atom. The second-order valence-electron chi connectivity index (χ2n) is 7.69. The van der Waals surface area contributed by atoms with Gasteiger partial charge in [0, 0.05) is 38.7 Å². The predicted octanol–water partition coefficient (Wildman–Crippen LogP) is 6.47. The Labute approximate surface area is 207 Å². The lowest BCUT2D eigenvalue weighted by Gasteiger charge is -2.24. The number of ether oxygens (including phenoxy) is 1. The van der Waals surface area contributed by atoms with E-state index in [9.17, 15) is 9.59 Å². The quantitative estimate of drug-likeness (QED) is 0.308. The van der Waals surface area contributed by atoms with E-state index in [-0.39, 0.29) is 24.7 Å². The van der Waals surface area contributed by atoms with Crippen molar-refractivity contribution in [3.63, 3.8) is 0 Å². The van der Waals surface area contributed by atoms with E-state index < -0.39 is 0 Å². The number of pyridine rings is 1. The second-order valence-corrected chi connectivity index (χ2v) is 8.53. The van der Waals surface area contributed by atoms with Crippen LogP contribution in [-0.2, 0) is 13.1 Å². The highest BCUT2D eigenvalue weighted by atomic mass is 35.5. The molecule has 174 valence electrons. The number of hydrogen-bond donors (Lipinski definition) is 2. The van der Waals surface area contributed by atoms with Crippen molar-refractivity contribution in [2.75, 3.05) is 11.9 Å². The van der Waals surface area contributed by atoms with Crippen molar-refractivity contribution in [1.82, 2.24) is 9.88 Å². The van der Waals surface area contributed by atoms with Crippen molar-refractivity contribution in [2.24, 2.45) is 0 Å². The maximum atomic E-state index is 13.2. The van der Waals surface area contributed by atoms with Gasteiger partial charge in [-0.1, -0.05) is 41.4 Å². The van der Waals surface area contributed by atoms with Crippen LogP contribution < -0.4 is 15.6 Å². The molecule has 4 aromatic rings. The van der Waals surface area contributed by atoms with Crippen LogP contribution in [0.4, 0.5) is 10.5 Å². The van der Waals surface area contributed by atoms with E-state index in [1.165, 1.54) is 0 Å². The van der Waals surface area contributed by atoms with Gasteiger partial charge in [0.1, 0.15) is 5.75 Å². The summed E-state index contributed by atoms with van der Waals surface area (Å²) in [5.74, 6) is 0.710. The molecule has 0 bridgehead atoms. The number of aromatic amines is 1. The first-order valence-electron chi connectivity index (χ1n) is 10.8. The van der Waals surface area contributed by atoms with Gasteiger partial charge in [-0.2, -0.15) is 0 Å². The molecule has 0 unspecified atom stereocenters. The molecule has 0 atom stereocenters. The number of urea groups is 1. The van der Waals surface area contributed by atoms with Crippen LogP contribution in [0.1, 0.15) is 18.1 Å².